The second-order valence-electron chi connectivity index (χ2n) is 2.83. The summed E-state index contributed by atoms with van der Waals surface area (Å²) in [7, 11) is -1.79. The van der Waals surface area contributed by atoms with Gasteiger partial charge in [-0.15, -0.1) is 0 Å². The average molecular weight is 268 g/mol. The molecule has 0 aromatic heterocycles. The highest BCUT2D eigenvalue weighted by Gasteiger charge is 2.52. The van der Waals surface area contributed by atoms with Crippen LogP contribution in [0.25, 0.3) is 0 Å². The highest BCUT2D eigenvalue weighted by molar-refractivity contribution is 7.84. The van der Waals surface area contributed by atoms with Crippen LogP contribution in [-0.2, 0) is 22.8 Å². The zero-order chi connectivity index (χ0) is 12.6. The van der Waals surface area contributed by atoms with Crippen LogP contribution >= 0.6 is 12.6 Å². The van der Waals surface area contributed by atoms with E-state index in [2.05, 4.69) is 17.4 Å². The quantitative estimate of drug-likeness (QED) is 0.405. The lowest BCUT2D eigenvalue weighted by atomic mass is 10.8. The van der Waals surface area contributed by atoms with Gasteiger partial charge in [-0.2, -0.15) is 12.6 Å². The molecule has 0 heterocycles. The van der Waals surface area contributed by atoms with Gasteiger partial charge in [0.05, 0.1) is 7.11 Å². The number of ether oxygens (including phenoxy) is 1. The zero-order valence-electron chi connectivity index (χ0n) is 10.2. The lowest BCUT2D eigenvalue weighted by Crippen LogP contribution is -2.57. The van der Waals surface area contributed by atoms with Gasteiger partial charge in [-0.3, -0.25) is 4.79 Å². The van der Waals surface area contributed by atoms with E-state index in [1.807, 2.05) is 20.8 Å². The molecule has 0 aliphatic heterocycles. The van der Waals surface area contributed by atoms with Gasteiger partial charge in [-0.25, -0.2) is 0 Å². The van der Waals surface area contributed by atoms with E-state index < -0.39 is 19.6 Å². The van der Waals surface area contributed by atoms with E-state index in [0.717, 1.165) is 0 Å². The molecule has 0 amide bonds. The van der Waals surface area contributed by atoms with E-state index >= 15 is 0 Å². The molecule has 0 spiro atoms. The molecule has 0 aromatic rings. The summed E-state index contributed by atoms with van der Waals surface area (Å²) in [5, 5.41) is 0. The van der Waals surface area contributed by atoms with Crippen LogP contribution in [0.2, 0.25) is 0 Å². The topological polar surface area (TPSA) is 54.0 Å². The van der Waals surface area contributed by atoms with Gasteiger partial charge in [-0.1, -0.05) is 0 Å². The predicted octanol–water partition coefficient (Wildman–Crippen LogP) is 1.05. The normalized spacial score (nSPS) is 13.6. The number of carbonyl (C=O) groups is 1. The molecule has 0 bridgehead atoms. The highest BCUT2D eigenvalue weighted by atomic mass is 32.1. The van der Waals surface area contributed by atoms with Crippen molar-refractivity contribution in [1.29, 1.82) is 0 Å². The van der Waals surface area contributed by atoms with Gasteiger partial charge < -0.3 is 18.0 Å². The molecule has 0 aliphatic carbocycles. The number of esters is 1. The fourth-order valence-corrected chi connectivity index (χ4v) is 4.33. The molecular formula is C9H20O5SSi. The first-order chi connectivity index (χ1) is 7.57. The number of hydrogen-bond donors (Lipinski definition) is 1. The van der Waals surface area contributed by atoms with Crippen LogP contribution in [0.4, 0.5) is 0 Å². The minimum atomic E-state index is -3.09. The number of rotatable bonds is 8. The van der Waals surface area contributed by atoms with E-state index in [4.69, 9.17) is 13.3 Å². The summed E-state index contributed by atoms with van der Waals surface area (Å²) >= 11 is 4.20. The summed E-state index contributed by atoms with van der Waals surface area (Å²) in [6, 6.07) is 0. The van der Waals surface area contributed by atoms with Gasteiger partial charge >= 0.3 is 14.8 Å². The summed E-state index contributed by atoms with van der Waals surface area (Å²) in [5.41, 5.74) is 0. The van der Waals surface area contributed by atoms with E-state index in [9.17, 15) is 4.79 Å². The van der Waals surface area contributed by atoms with Crippen molar-refractivity contribution in [2.75, 3.05) is 26.9 Å². The third-order valence-corrected chi connectivity index (χ3v) is 5.93. The van der Waals surface area contributed by atoms with E-state index in [-0.39, 0.29) is 0 Å². The molecule has 7 heteroatoms. The van der Waals surface area contributed by atoms with Crippen molar-refractivity contribution in [3.05, 3.63) is 0 Å². The SMILES string of the molecule is CCO[Si](OCC)(OCC)C(S)C(=O)OC. The molecule has 0 saturated carbocycles. The fourth-order valence-electron chi connectivity index (χ4n) is 1.22. The second-order valence-corrected chi connectivity index (χ2v) is 6.48. The Labute approximate surface area is 103 Å². The van der Waals surface area contributed by atoms with Gasteiger partial charge in [0.25, 0.3) is 0 Å². The minimum Gasteiger partial charge on any atom is -0.468 e. The monoisotopic (exact) mass is 268 g/mol. The lowest BCUT2D eigenvalue weighted by Gasteiger charge is -2.31. The summed E-state index contributed by atoms with van der Waals surface area (Å²) in [6.45, 7) is 6.66. The third-order valence-electron chi connectivity index (χ3n) is 1.80. The van der Waals surface area contributed by atoms with Crippen LogP contribution in [0.3, 0.4) is 0 Å². The molecule has 0 radical (unpaired) electrons. The van der Waals surface area contributed by atoms with Gasteiger partial charge in [0, 0.05) is 19.8 Å². The molecule has 1 unspecified atom stereocenters. The molecular weight excluding hydrogens is 248 g/mol. The van der Waals surface area contributed by atoms with Crippen LogP contribution in [-0.4, -0.2) is 46.6 Å². The lowest BCUT2D eigenvalue weighted by molar-refractivity contribution is -0.139. The Morgan fingerprint density at radius 3 is 1.75 bits per heavy atom. The number of methoxy groups -OCH3 is 1. The first kappa shape index (κ1) is 15.9. The maximum atomic E-state index is 11.5. The number of hydrogen-bond acceptors (Lipinski definition) is 6. The Bertz CT molecular complexity index is 197. The zero-order valence-corrected chi connectivity index (χ0v) is 12.1. The molecule has 1 atom stereocenters. The van der Waals surface area contributed by atoms with Crippen LogP contribution in [0.15, 0.2) is 0 Å². The smallest absolute Gasteiger partial charge is 0.468 e. The number of thiol groups is 1. The van der Waals surface area contributed by atoms with E-state index in [0.29, 0.717) is 19.8 Å². The van der Waals surface area contributed by atoms with E-state index in [1.54, 1.807) is 0 Å². The highest BCUT2D eigenvalue weighted by Crippen LogP contribution is 2.20. The summed E-state index contributed by atoms with van der Waals surface area (Å²) in [5.74, 6) is -0.495. The average Bonchev–Trinajstić information content (AvgIpc) is 2.28. The first-order valence-corrected chi connectivity index (χ1v) is 7.57. The fraction of sp³-hybridized carbons (Fsp3) is 0.889. The van der Waals surface area contributed by atoms with Crippen molar-refractivity contribution in [2.24, 2.45) is 0 Å². The molecule has 96 valence electrons. The largest absolute Gasteiger partial charge is 0.526 e. The van der Waals surface area contributed by atoms with Crippen LogP contribution in [0, 0.1) is 0 Å². The molecule has 5 nitrogen and oxygen atoms in total. The van der Waals surface area contributed by atoms with Crippen LogP contribution < -0.4 is 0 Å². The number of carbonyl (C=O) groups excluding carboxylic acids is 1. The summed E-state index contributed by atoms with van der Waals surface area (Å²) < 4.78 is 21.2. The Morgan fingerprint density at radius 2 is 1.50 bits per heavy atom. The Morgan fingerprint density at radius 1 is 1.12 bits per heavy atom. The third kappa shape index (κ3) is 4.06. The standard InChI is InChI=1S/C9H20O5SSi/c1-5-12-16(13-6-2,14-7-3)9(15)8(10)11-4/h9,15H,5-7H2,1-4H3. The second kappa shape index (κ2) is 8.07. The van der Waals surface area contributed by atoms with Crippen LogP contribution in [0.1, 0.15) is 20.8 Å². The summed E-state index contributed by atoms with van der Waals surface area (Å²) in [4.78, 5) is 10.7. The molecule has 0 fully saturated rings. The van der Waals surface area contributed by atoms with Gasteiger partial charge in [0.1, 0.15) is 0 Å². The Balaban J connectivity index is 4.89. The van der Waals surface area contributed by atoms with Crippen molar-refractivity contribution >= 4 is 27.4 Å². The van der Waals surface area contributed by atoms with Crippen molar-refractivity contribution in [3.8, 4) is 0 Å². The van der Waals surface area contributed by atoms with Gasteiger partial charge in [-0.05, 0) is 20.8 Å². The van der Waals surface area contributed by atoms with Crippen LogP contribution in [0.5, 0.6) is 0 Å². The molecule has 0 aromatic carbocycles. The Hall–Kier alpha value is -0.0831. The maximum absolute atomic E-state index is 11.5. The molecule has 16 heavy (non-hydrogen) atoms. The van der Waals surface area contributed by atoms with Crippen molar-refractivity contribution in [1.82, 2.24) is 0 Å². The maximum Gasteiger partial charge on any atom is 0.526 e. The van der Waals surface area contributed by atoms with Gasteiger partial charge in [0.2, 0.25) is 0 Å². The predicted molar refractivity (Wildman–Crippen MR) is 65.4 cm³/mol. The molecule has 0 aliphatic rings. The van der Waals surface area contributed by atoms with E-state index in [1.165, 1.54) is 7.11 Å². The molecule has 0 saturated heterocycles. The summed E-state index contributed by atoms with van der Waals surface area (Å²) in [6.07, 6.45) is 0. The van der Waals surface area contributed by atoms with Crippen molar-refractivity contribution in [2.45, 2.75) is 25.6 Å². The Kier molecular flexibility index (Phi) is 8.03. The van der Waals surface area contributed by atoms with Crippen molar-refractivity contribution < 1.29 is 22.8 Å². The molecule has 0 rings (SSSR count). The minimum absolute atomic E-state index is 0.403. The van der Waals surface area contributed by atoms with Crippen molar-refractivity contribution in [3.63, 3.8) is 0 Å². The van der Waals surface area contributed by atoms with Gasteiger partial charge in [0.15, 0.2) is 4.87 Å². The first-order valence-electron chi connectivity index (χ1n) is 5.25. The molecule has 0 N–H and O–H groups in total.